The molecule has 360 valence electrons. The summed E-state index contributed by atoms with van der Waals surface area (Å²) in [6.45, 7) is 6.67. The highest BCUT2D eigenvalue weighted by Crippen LogP contribution is 2.44. The lowest BCUT2D eigenvalue weighted by atomic mass is 10.0. The summed E-state index contributed by atoms with van der Waals surface area (Å²) in [5.41, 5.74) is -0.0409. The molecule has 0 atom stereocenters. The summed E-state index contributed by atoms with van der Waals surface area (Å²) in [4.78, 5) is 0. The van der Waals surface area contributed by atoms with E-state index in [2.05, 4.69) is 200 Å². The van der Waals surface area contributed by atoms with Crippen molar-refractivity contribution in [3.05, 3.63) is 161 Å². The zero-order chi connectivity index (χ0) is 51.6. The number of rotatable bonds is 0. The summed E-state index contributed by atoms with van der Waals surface area (Å²) in [7, 11) is 0. The van der Waals surface area contributed by atoms with Crippen molar-refractivity contribution in [2.24, 2.45) is 0 Å². The molecule has 1 nitrogen and oxygen atoms in total. The van der Waals surface area contributed by atoms with Crippen LogP contribution in [0.25, 0.3) is 10.8 Å². The standard InChI is InChI=1S/C11H3F7.C7H3Br5.C7H3F5.C7H4F4O.C7H3I5/c1-2-5(12)3-4(7(14)6(2)13)9(16)11(18)10(17)8(3)15;4*1-2-3(8)5(10)7(12)6(11)4(2)9/h1H3;2*1H3;12H,1H3;1H3. The second-order valence-electron chi connectivity index (χ2n) is 12.4. The van der Waals surface area contributed by atoms with Crippen LogP contribution in [0.4, 0.5) is 70.2 Å². The van der Waals surface area contributed by atoms with Gasteiger partial charge in [-0.3, -0.25) is 0 Å². The second-order valence-corrected chi connectivity index (χ2v) is 21.7. The van der Waals surface area contributed by atoms with Crippen molar-refractivity contribution in [1.29, 1.82) is 0 Å². The Morgan fingerprint density at radius 1 is 0.258 bits per heavy atom. The molecule has 0 fully saturated rings. The molecule has 0 amide bonds. The molecule has 6 rings (SSSR count). The van der Waals surface area contributed by atoms with E-state index in [1.165, 1.54) is 23.4 Å². The zero-order valence-corrected chi connectivity index (χ0v) is 51.0. The van der Waals surface area contributed by atoms with Gasteiger partial charge in [-0.1, -0.05) is 0 Å². The number of aromatic hydroxyl groups is 1. The molecule has 0 unspecified atom stereocenters. The summed E-state index contributed by atoms with van der Waals surface area (Å²) in [5, 5.41) is 5.42. The van der Waals surface area contributed by atoms with E-state index in [-0.39, 0.29) is 0 Å². The highest BCUT2D eigenvalue weighted by molar-refractivity contribution is 14.1. The van der Waals surface area contributed by atoms with E-state index in [1.807, 2.05) is 6.92 Å². The SMILES string of the molecule is Cc1c(Br)c(Br)c(Br)c(Br)c1Br.Cc1c(F)c(F)c(F)c(F)c1F.Cc1c(F)c(F)c(O)c(F)c1F.Cc1c(F)c(F)c2c(F)c(F)c(F)c(F)c2c1F.Cc1c(I)c(I)c(I)c(I)c1I. The summed E-state index contributed by atoms with van der Waals surface area (Å²) in [6.07, 6.45) is 0. The predicted molar refractivity (Wildman–Crippen MR) is 276 cm³/mol. The van der Waals surface area contributed by atoms with E-state index in [4.69, 9.17) is 5.11 Å². The maximum atomic E-state index is 13.5. The molecule has 27 heteroatoms. The van der Waals surface area contributed by atoms with E-state index in [0.717, 1.165) is 48.7 Å². The molecule has 0 aliphatic rings. The molecule has 1 N–H and O–H groups in total. The summed E-state index contributed by atoms with van der Waals surface area (Å²) in [5.74, 6) is -32.2. The van der Waals surface area contributed by atoms with E-state index in [1.54, 1.807) is 0 Å². The third kappa shape index (κ3) is 13.1. The van der Waals surface area contributed by atoms with E-state index < -0.39 is 126 Å². The minimum absolute atomic E-state index is 0.756. The summed E-state index contributed by atoms with van der Waals surface area (Å²) >= 11 is 29.4. The Bertz CT molecular complexity index is 2120. The van der Waals surface area contributed by atoms with Gasteiger partial charge >= 0.3 is 0 Å². The largest absolute Gasteiger partial charge is 0.503 e. The third-order valence-corrected chi connectivity index (χ3v) is 24.9. The van der Waals surface area contributed by atoms with Gasteiger partial charge < -0.3 is 5.11 Å². The Balaban J connectivity index is 0.000000287. The van der Waals surface area contributed by atoms with Crippen LogP contribution in [0.1, 0.15) is 27.8 Å². The monoisotopic (exact) mass is 1830 g/mol. The fourth-order valence-corrected chi connectivity index (χ4v) is 12.8. The molecule has 0 spiro atoms. The van der Waals surface area contributed by atoms with Gasteiger partial charge in [-0.25, -0.2) is 61.5 Å². The minimum Gasteiger partial charge on any atom is -0.503 e. The predicted octanol–water partition coefficient (Wildman–Crippen LogP) is 19.9. The molecular weight excluding hydrogens is 1820 g/mol. The Kier molecular flexibility index (Phi) is 24.4. The van der Waals surface area contributed by atoms with Gasteiger partial charge in [0.1, 0.15) is 5.82 Å². The Hall–Kier alpha value is 0.310. The average molecular weight is 1840 g/mol. The van der Waals surface area contributed by atoms with Crippen molar-refractivity contribution in [3.63, 3.8) is 0 Å². The van der Waals surface area contributed by atoms with Gasteiger partial charge in [-0.05, 0) is 238 Å². The van der Waals surface area contributed by atoms with Crippen molar-refractivity contribution in [1.82, 2.24) is 0 Å². The number of benzene rings is 6. The molecule has 0 saturated carbocycles. The first-order valence-electron chi connectivity index (χ1n) is 16.4. The van der Waals surface area contributed by atoms with Gasteiger partial charge in [0.2, 0.25) is 17.5 Å². The van der Waals surface area contributed by atoms with Crippen LogP contribution in [0.2, 0.25) is 0 Å². The van der Waals surface area contributed by atoms with Crippen LogP contribution in [0.5, 0.6) is 5.75 Å². The first-order chi connectivity index (χ1) is 30.1. The maximum Gasteiger partial charge on any atom is 0.203 e. The van der Waals surface area contributed by atoms with Crippen LogP contribution in [0.15, 0.2) is 22.4 Å². The molecule has 0 aliphatic heterocycles. The van der Waals surface area contributed by atoms with Crippen molar-refractivity contribution >= 4 is 203 Å². The fraction of sp³-hybridized carbons (Fsp3) is 0.128. The molecule has 0 aliphatic carbocycles. The molecule has 66 heavy (non-hydrogen) atoms. The lowest BCUT2D eigenvalue weighted by molar-refractivity contribution is 0.353. The van der Waals surface area contributed by atoms with Gasteiger partial charge in [0.05, 0.1) is 10.8 Å². The van der Waals surface area contributed by atoms with Crippen LogP contribution >= 0.6 is 193 Å². The van der Waals surface area contributed by atoms with E-state index >= 15 is 0 Å². The van der Waals surface area contributed by atoms with Gasteiger partial charge in [0.25, 0.3) is 0 Å². The Morgan fingerprint density at radius 2 is 0.470 bits per heavy atom. The average Bonchev–Trinajstić information content (AvgIpc) is 3.31. The summed E-state index contributed by atoms with van der Waals surface area (Å²) in [6, 6.07) is 0. The van der Waals surface area contributed by atoms with Crippen molar-refractivity contribution in [3.8, 4) is 5.75 Å². The topological polar surface area (TPSA) is 20.2 Å². The molecule has 0 bridgehead atoms. The fourth-order valence-electron chi connectivity index (χ4n) is 4.48. The molecule has 0 heterocycles. The molecule has 0 saturated heterocycles. The van der Waals surface area contributed by atoms with Crippen LogP contribution in [-0.4, -0.2) is 5.11 Å². The number of phenolic OH excluding ortho intramolecular Hbond substituents is 1. The Labute approximate surface area is 473 Å². The first kappa shape index (κ1) is 62.4. The van der Waals surface area contributed by atoms with E-state index in [0.29, 0.717) is 0 Å². The highest BCUT2D eigenvalue weighted by atomic mass is 127. The zero-order valence-electron chi connectivity index (χ0n) is 32.3. The van der Waals surface area contributed by atoms with Crippen LogP contribution < -0.4 is 0 Å². The number of phenols is 1. The maximum absolute atomic E-state index is 13.5. The van der Waals surface area contributed by atoms with Crippen LogP contribution in [0, 0.1) is 146 Å². The third-order valence-electron chi connectivity index (χ3n) is 8.30. The van der Waals surface area contributed by atoms with Gasteiger partial charge in [-0.2, -0.15) is 8.78 Å². The van der Waals surface area contributed by atoms with Crippen molar-refractivity contribution in [2.45, 2.75) is 34.6 Å². The van der Waals surface area contributed by atoms with Crippen molar-refractivity contribution < 1.29 is 75.4 Å². The van der Waals surface area contributed by atoms with Gasteiger partial charge in [0, 0.05) is 56.9 Å². The van der Waals surface area contributed by atoms with Gasteiger partial charge in [-0.15, -0.1) is 0 Å². The first-order valence-corrected chi connectivity index (χ1v) is 25.7. The smallest absolute Gasteiger partial charge is 0.203 e. The number of hydrogen-bond acceptors (Lipinski definition) is 1. The van der Waals surface area contributed by atoms with E-state index in [9.17, 15) is 70.2 Å². The van der Waals surface area contributed by atoms with Crippen LogP contribution in [0.3, 0.4) is 0 Å². The number of halogens is 26. The quantitative estimate of drug-likeness (QED) is 0.0696. The van der Waals surface area contributed by atoms with Crippen LogP contribution in [-0.2, 0) is 0 Å². The minimum atomic E-state index is -2.33. The normalized spacial score (nSPS) is 10.7. The molecular formula is C39H16Br5F16I5O. The molecule has 6 aromatic rings. The highest BCUT2D eigenvalue weighted by Gasteiger charge is 2.29. The lowest BCUT2D eigenvalue weighted by Crippen LogP contribution is -2.05. The second kappa shape index (κ2) is 25.8. The Morgan fingerprint density at radius 3 is 0.818 bits per heavy atom. The van der Waals surface area contributed by atoms with Crippen molar-refractivity contribution in [2.75, 3.05) is 0 Å². The number of fused-ring (bicyclic) bond motifs is 1. The number of hydrogen-bond donors (Lipinski definition) is 1. The van der Waals surface area contributed by atoms with Gasteiger partial charge in [0.15, 0.2) is 75.6 Å². The lowest BCUT2D eigenvalue weighted by Gasteiger charge is -2.09. The summed E-state index contributed by atoms with van der Waals surface area (Å²) < 4.78 is 216. The molecule has 0 radical (unpaired) electrons. The molecule has 6 aromatic carbocycles. The molecule has 0 aromatic heterocycles.